The number of likely N-dealkylation sites (tertiary alicyclic amines) is 1. The fourth-order valence-electron chi connectivity index (χ4n) is 3.25. The highest BCUT2D eigenvalue weighted by molar-refractivity contribution is 5.81. The van der Waals surface area contributed by atoms with Crippen molar-refractivity contribution >= 4 is 17.6 Å². The molecule has 1 amide bonds. The largest absolute Gasteiger partial charge is 0.455 e. The number of esters is 1. The van der Waals surface area contributed by atoms with Gasteiger partial charge in [-0.2, -0.15) is 0 Å². The minimum Gasteiger partial charge on any atom is -0.455 e. The van der Waals surface area contributed by atoms with Crippen molar-refractivity contribution in [3.05, 3.63) is 29.8 Å². The van der Waals surface area contributed by atoms with Crippen LogP contribution in [0.3, 0.4) is 0 Å². The van der Waals surface area contributed by atoms with Crippen molar-refractivity contribution in [3.63, 3.8) is 0 Å². The standard InChI is InChI=1S/C20H31N3O3/c1-15(2)20(25)26-14-19(24)21-13-18(23-11-5-6-12-23)16-7-9-17(10-8-16)22(3)4/h7-10,15,18H,5-6,11-14H2,1-4H3,(H,21,24)/p+1/t18-/m0/s1. The minimum absolute atomic E-state index is 0.210. The number of nitrogens with zero attached hydrogens (tertiary/aromatic N) is 1. The summed E-state index contributed by atoms with van der Waals surface area (Å²) in [4.78, 5) is 27.1. The highest BCUT2D eigenvalue weighted by Gasteiger charge is 2.28. The Kier molecular flexibility index (Phi) is 7.45. The van der Waals surface area contributed by atoms with Gasteiger partial charge in [-0.25, -0.2) is 0 Å². The van der Waals surface area contributed by atoms with Gasteiger partial charge >= 0.3 is 5.97 Å². The average Bonchev–Trinajstić information content (AvgIpc) is 3.14. The molecule has 0 aliphatic carbocycles. The van der Waals surface area contributed by atoms with Gasteiger partial charge in [-0.05, 0) is 12.1 Å². The van der Waals surface area contributed by atoms with E-state index in [4.69, 9.17) is 4.74 Å². The van der Waals surface area contributed by atoms with Gasteiger partial charge in [0.15, 0.2) is 6.61 Å². The van der Waals surface area contributed by atoms with Crippen LogP contribution in [0.5, 0.6) is 0 Å². The van der Waals surface area contributed by atoms with E-state index in [-0.39, 0.29) is 30.4 Å². The molecular weight excluding hydrogens is 330 g/mol. The van der Waals surface area contributed by atoms with Gasteiger partial charge in [0.25, 0.3) is 5.91 Å². The monoisotopic (exact) mass is 362 g/mol. The SMILES string of the molecule is CC(C)C(=O)OCC(=O)NC[C@@H](c1ccc(N(C)C)cc1)[NH+]1CCCC1. The van der Waals surface area contributed by atoms with Crippen LogP contribution in [0.2, 0.25) is 0 Å². The molecule has 0 radical (unpaired) electrons. The maximum absolute atomic E-state index is 12.1. The third-order valence-electron chi connectivity index (χ3n) is 4.87. The van der Waals surface area contributed by atoms with E-state index in [1.807, 2.05) is 14.1 Å². The predicted octanol–water partition coefficient (Wildman–Crippen LogP) is 0.788. The molecule has 1 saturated heterocycles. The summed E-state index contributed by atoms with van der Waals surface area (Å²) in [6.07, 6.45) is 2.45. The topological polar surface area (TPSA) is 63.1 Å². The lowest BCUT2D eigenvalue weighted by atomic mass is 10.0. The molecule has 0 saturated carbocycles. The van der Waals surface area contributed by atoms with Crippen LogP contribution in [-0.4, -0.2) is 52.2 Å². The highest BCUT2D eigenvalue weighted by Crippen LogP contribution is 2.17. The lowest BCUT2D eigenvalue weighted by Gasteiger charge is -2.26. The Morgan fingerprint density at radius 2 is 1.77 bits per heavy atom. The van der Waals surface area contributed by atoms with Crippen molar-refractivity contribution in [2.45, 2.75) is 32.7 Å². The Morgan fingerprint density at radius 3 is 2.31 bits per heavy atom. The number of hydrogen-bond acceptors (Lipinski definition) is 4. The van der Waals surface area contributed by atoms with E-state index in [1.54, 1.807) is 13.8 Å². The van der Waals surface area contributed by atoms with E-state index in [2.05, 4.69) is 34.5 Å². The Hall–Kier alpha value is -2.08. The lowest BCUT2D eigenvalue weighted by molar-refractivity contribution is -0.918. The van der Waals surface area contributed by atoms with Crippen LogP contribution in [-0.2, 0) is 14.3 Å². The Labute approximate surface area is 156 Å². The third-order valence-corrected chi connectivity index (χ3v) is 4.87. The normalized spacial score (nSPS) is 15.7. The van der Waals surface area contributed by atoms with Crippen LogP contribution >= 0.6 is 0 Å². The fraction of sp³-hybridized carbons (Fsp3) is 0.600. The van der Waals surface area contributed by atoms with Gasteiger partial charge in [0, 0.05) is 38.2 Å². The molecule has 0 bridgehead atoms. The summed E-state index contributed by atoms with van der Waals surface area (Å²) in [5, 5.41) is 2.94. The number of benzene rings is 1. The molecular formula is C20H32N3O3+. The molecule has 26 heavy (non-hydrogen) atoms. The Morgan fingerprint density at radius 1 is 1.15 bits per heavy atom. The molecule has 1 atom stereocenters. The molecule has 1 fully saturated rings. The van der Waals surface area contributed by atoms with Gasteiger partial charge in [-0.3, -0.25) is 9.59 Å². The van der Waals surface area contributed by atoms with Crippen LogP contribution < -0.4 is 15.1 Å². The number of ether oxygens (including phenoxy) is 1. The molecule has 1 aliphatic rings. The van der Waals surface area contributed by atoms with Gasteiger partial charge < -0.3 is 19.9 Å². The average molecular weight is 362 g/mol. The van der Waals surface area contributed by atoms with E-state index in [9.17, 15) is 9.59 Å². The van der Waals surface area contributed by atoms with Crippen molar-refractivity contribution < 1.29 is 19.2 Å². The van der Waals surface area contributed by atoms with Crippen molar-refractivity contribution in [2.24, 2.45) is 5.92 Å². The number of carbonyl (C=O) groups is 2. The molecule has 0 aromatic heterocycles. The smallest absolute Gasteiger partial charge is 0.308 e. The van der Waals surface area contributed by atoms with E-state index in [1.165, 1.54) is 23.3 Å². The molecule has 1 heterocycles. The molecule has 6 heteroatoms. The molecule has 1 aliphatic heterocycles. The Balaban J connectivity index is 1.97. The number of hydrogen-bond donors (Lipinski definition) is 2. The molecule has 6 nitrogen and oxygen atoms in total. The second-order valence-corrected chi connectivity index (χ2v) is 7.47. The second kappa shape index (κ2) is 9.57. The highest BCUT2D eigenvalue weighted by atomic mass is 16.5. The van der Waals surface area contributed by atoms with E-state index in [0.29, 0.717) is 6.54 Å². The lowest BCUT2D eigenvalue weighted by Crippen LogP contribution is -3.11. The van der Waals surface area contributed by atoms with Gasteiger partial charge in [-0.15, -0.1) is 0 Å². The van der Waals surface area contributed by atoms with Crippen LogP contribution in [0.1, 0.15) is 38.3 Å². The number of quaternary nitrogens is 1. The summed E-state index contributed by atoms with van der Waals surface area (Å²) in [5.41, 5.74) is 2.39. The van der Waals surface area contributed by atoms with Gasteiger partial charge in [0.2, 0.25) is 0 Å². The van der Waals surface area contributed by atoms with Crippen LogP contribution in [0, 0.1) is 5.92 Å². The molecule has 144 valence electrons. The molecule has 1 aromatic rings. The van der Waals surface area contributed by atoms with Crippen molar-refractivity contribution in [1.82, 2.24) is 5.32 Å². The van der Waals surface area contributed by atoms with Gasteiger partial charge in [-0.1, -0.05) is 26.0 Å². The zero-order valence-electron chi connectivity index (χ0n) is 16.4. The summed E-state index contributed by atoms with van der Waals surface area (Å²) in [6.45, 7) is 6.10. The zero-order valence-corrected chi connectivity index (χ0v) is 16.4. The maximum Gasteiger partial charge on any atom is 0.308 e. The third kappa shape index (κ3) is 5.73. The predicted molar refractivity (Wildman–Crippen MR) is 102 cm³/mol. The molecule has 2 rings (SSSR count). The number of rotatable bonds is 8. The van der Waals surface area contributed by atoms with Crippen LogP contribution in [0.25, 0.3) is 0 Å². The van der Waals surface area contributed by atoms with Gasteiger partial charge in [0.1, 0.15) is 6.04 Å². The Bertz CT molecular complexity index is 593. The minimum atomic E-state index is -0.346. The molecule has 0 unspecified atom stereocenters. The first-order chi connectivity index (χ1) is 12.4. The molecule has 1 aromatic carbocycles. The van der Waals surface area contributed by atoms with Gasteiger partial charge in [0.05, 0.1) is 25.6 Å². The summed E-state index contributed by atoms with van der Waals surface area (Å²) >= 11 is 0. The zero-order chi connectivity index (χ0) is 19.1. The molecule has 2 N–H and O–H groups in total. The summed E-state index contributed by atoms with van der Waals surface area (Å²) in [7, 11) is 4.05. The number of amides is 1. The van der Waals surface area contributed by atoms with E-state index < -0.39 is 0 Å². The second-order valence-electron chi connectivity index (χ2n) is 7.47. The summed E-state index contributed by atoms with van der Waals surface area (Å²) in [5.74, 6) is -0.812. The first-order valence-corrected chi connectivity index (χ1v) is 9.43. The quantitative estimate of drug-likeness (QED) is 0.671. The van der Waals surface area contributed by atoms with E-state index in [0.717, 1.165) is 18.8 Å². The van der Waals surface area contributed by atoms with E-state index >= 15 is 0 Å². The fourth-order valence-corrected chi connectivity index (χ4v) is 3.25. The molecule has 0 spiro atoms. The number of nitrogens with one attached hydrogen (secondary N) is 2. The van der Waals surface area contributed by atoms with Crippen LogP contribution in [0.4, 0.5) is 5.69 Å². The number of carbonyl (C=O) groups excluding carboxylic acids is 2. The van der Waals surface area contributed by atoms with Crippen molar-refractivity contribution in [3.8, 4) is 0 Å². The number of anilines is 1. The van der Waals surface area contributed by atoms with Crippen molar-refractivity contribution in [1.29, 1.82) is 0 Å². The first kappa shape index (κ1) is 20.2. The van der Waals surface area contributed by atoms with Crippen LogP contribution in [0.15, 0.2) is 24.3 Å². The summed E-state index contributed by atoms with van der Waals surface area (Å²) in [6, 6.07) is 8.75. The maximum atomic E-state index is 12.1. The van der Waals surface area contributed by atoms with Crippen molar-refractivity contribution in [2.75, 3.05) is 45.2 Å². The first-order valence-electron chi connectivity index (χ1n) is 9.43. The summed E-state index contributed by atoms with van der Waals surface area (Å²) < 4.78 is 5.01.